The Morgan fingerprint density at radius 1 is 0.438 bits per heavy atom. The maximum Gasteiger partial charge on any atom is 0.268 e. The monoisotopic (exact) mass is 818 g/mol. The van der Waals surface area contributed by atoms with E-state index in [1.54, 1.807) is 12.1 Å². The lowest BCUT2D eigenvalue weighted by atomic mass is 9.90. The maximum atomic E-state index is 15.7. The number of para-hydroxylation sites is 1. The second-order valence-electron chi connectivity index (χ2n) is 15.7. The number of nitrogens with zero attached hydrogens (tertiary/aromatic N) is 4. The fourth-order valence-corrected chi connectivity index (χ4v) is 9.27. The van der Waals surface area contributed by atoms with Gasteiger partial charge in [0.2, 0.25) is 0 Å². The van der Waals surface area contributed by atoms with Crippen molar-refractivity contribution in [2.45, 2.75) is 0 Å². The Morgan fingerprint density at radius 3 is 1.55 bits per heavy atom. The van der Waals surface area contributed by atoms with Crippen LogP contribution < -0.4 is 4.90 Å². The van der Waals surface area contributed by atoms with Crippen molar-refractivity contribution < 1.29 is 9.59 Å². The normalized spacial score (nSPS) is 12.1. The van der Waals surface area contributed by atoms with Crippen molar-refractivity contribution in [3.63, 3.8) is 0 Å². The first kappa shape index (κ1) is 37.9. The van der Waals surface area contributed by atoms with Gasteiger partial charge in [0, 0.05) is 21.9 Å². The summed E-state index contributed by atoms with van der Waals surface area (Å²) in [5.41, 5.74) is 12.7. The van der Waals surface area contributed by atoms with E-state index in [4.69, 9.17) is 6.57 Å². The highest BCUT2D eigenvalue weighted by atomic mass is 16.2. The molecule has 2 heterocycles. The Hall–Kier alpha value is -9.10. The van der Waals surface area contributed by atoms with Crippen LogP contribution in [0.1, 0.15) is 26.3 Å². The molecule has 0 N–H and O–H groups in total. The molecule has 0 bridgehead atoms. The van der Waals surface area contributed by atoms with E-state index in [-0.39, 0.29) is 5.56 Å². The van der Waals surface area contributed by atoms with E-state index in [1.807, 2.05) is 146 Å². The zero-order chi connectivity index (χ0) is 43.3. The molecular formula is C58H34N4O2. The smallest absolute Gasteiger partial charge is 0.268 e. The summed E-state index contributed by atoms with van der Waals surface area (Å²) in [6, 6.07) is 69.2. The van der Waals surface area contributed by atoms with Crippen molar-refractivity contribution in [1.29, 1.82) is 5.26 Å². The third kappa shape index (κ3) is 6.10. The van der Waals surface area contributed by atoms with Crippen LogP contribution in [0.25, 0.3) is 88.0 Å². The van der Waals surface area contributed by atoms with E-state index >= 15 is 9.59 Å². The highest BCUT2D eigenvalue weighted by Crippen LogP contribution is 2.47. The molecule has 9 aromatic carbocycles. The zero-order valence-corrected chi connectivity index (χ0v) is 34.2. The minimum atomic E-state index is -0.437. The molecule has 0 saturated heterocycles. The van der Waals surface area contributed by atoms with Gasteiger partial charge in [-0.3, -0.25) is 9.59 Å². The number of aromatic nitrogens is 1. The lowest BCUT2D eigenvalue weighted by Crippen LogP contribution is -2.30. The Morgan fingerprint density at radius 2 is 0.953 bits per heavy atom. The number of hydrogen-bond donors (Lipinski definition) is 0. The Balaban J connectivity index is 1.18. The molecule has 0 saturated carbocycles. The second-order valence-corrected chi connectivity index (χ2v) is 15.7. The van der Waals surface area contributed by atoms with Crippen LogP contribution in [0.4, 0.5) is 11.4 Å². The minimum Gasteiger partial charge on any atom is -0.308 e. The van der Waals surface area contributed by atoms with Crippen molar-refractivity contribution >= 4 is 45.0 Å². The van der Waals surface area contributed by atoms with Crippen molar-refractivity contribution in [3.05, 3.63) is 234 Å². The molecule has 0 fully saturated rings. The van der Waals surface area contributed by atoms with Gasteiger partial charge in [0.15, 0.2) is 5.69 Å². The van der Waals surface area contributed by atoms with Crippen LogP contribution in [0, 0.1) is 17.9 Å². The number of fused-ring (bicyclic) bond motifs is 4. The molecule has 64 heavy (non-hydrogen) atoms. The van der Waals surface area contributed by atoms with Crippen LogP contribution in [0.3, 0.4) is 0 Å². The minimum absolute atomic E-state index is 0.284. The first-order valence-electron chi connectivity index (χ1n) is 20.9. The predicted molar refractivity (Wildman–Crippen MR) is 257 cm³/mol. The molecule has 298 valence electrons. The first-order valence-corrected chi connectivity index (χ1v) is 20.9. The van der Waals surface area contributed by atoms with E-state index in [1.165, 1.54) is 4.90 Å². The molecular weight excluding hydrogens is 785 g/mol. The SMILES string of the molecule is [C-]#[N+]c1ccccc1-c1ccc2c3ccc(-c4ccccc4C#N)cc3n(-c3cccc4c3C(=O)N(c3c(-c5ccccc5)cc(-c5ccccc5)cc3-c3ccccc3)C4=O)c2c1. The molecule has 1 aliphatic heterocycles. The largest absolute Gasteiger partial charge is 0.308 e. The molecule has 2 amide bonds. The van der Waals surface area contributed by atoms with Crippen molar-refractivity contribution in [3.8, 4) is 67.4 Å². The van der Waals surface area contributed by atoms with Gasteiger partial charge < -0.3 is 4.57 Å². The lowest BCUT2D eigenvalue weighted by molar-refractivity contribution is 0.0926. The van der Waals surface area contributed by atoms with E-state index in [0.29, 0.717) is 28.2 Å². The fraction of sp³-hybridized carbons (Fsp3) is 0. The van der Waals surface area contributed by atoms with Crippen LogP contribution in [0.5, 0.6) is 0 Å². The van der Waals surface area contributed by atoms with E-state index < -0.39 is 11.8 Å². The van der Waals surface area contributed by atoms with Gasteiger partial charge in [-0.25, -0.2) is 9.74 Å². The fourth-order valence-electron chi connectivity index (χ4n) is 9.27. The number of nitriles is 1. The van der Waals surface area contributed by atoms with Crippen LogP contribution in [-0.2, 0) is 0 Å². The van der Waals surface area contributed by atoms with Gasteiger partial charge in [-0.2, -0.15) is 5.26 Å². The standard InChI is InChI=1S/C58H34N4O2/c1-60-51-26-14-13-24-45(51)41-29-31-47-46-30-28-40(44-23-12-11-22-42(44)36-59)34-53(46)61(54(47)35-41)52-27-15-25-48-55(52)58(64)62(57(48)63)56-49(38-18-7-3-8-19-38)32-43(37-16-5-2-6-17-37)33-50(56)39-20-9-4-10-21-39/h2-35H. The summed E-state index contributed by atoms with van der Waals surface area (Å²) in [5, 5.41) is 12.0. The van der Waals surface area contributed by atoms with Gasteiger partial charge in [-0.15, -0.1) is 0 Å². The number of anilines is 1. The molecule has 0 spiro atoms. The average Bonchev–Trinajstić information content (AvgIpc) is 3.82. The molecule has 0 aliphatic carbocycles. The van der Waals surface area contributed by atoms with Crippen LogP contribution in [-0.4, -0.2) is 16.4 Å². The van der Waals surface area contributed by atoms with Gasteiger partial charge in [0.25, 0.3) is 11.8 Å². The van der Waals surface area contributed by atoms with Crippen molar-refractivity contribution in [1.82, 2.24) is 4.57 Å². The quantitative estimate of drug-likeness (QED) is 0.119. The van der Waals surface area contributed by atoms with E-state index in [2.05, 4.69) is 64.0 Å². The van der Waals surface area contributed by atoms with E-state index in [9.17, 15) is 5.26 Å². The van der Waals surface area contributed by atoms with Crippen molar-refractivity contribution in [2.75, 3.05) is 4.90 Å². The lowest BCUT2D eigenvalue weighted by Gasteiger charge is -2.24. The number of hydrogen-bond acceptors (Lipinski definition) is 3. The third-order valence-corrected chi connectivity index (χ3v) is 12.2. The summed E-state index contributed by atoms with van der Waals surface area (Å²) in [7, 11) is 0. The summed E-state index contributed by atoms with van der Waals surface area (Å²) in [4.78, 5) is 36.1. The Labute approximate surface area is 369 Å². The summed E-state index contributed by atoms with van der Waals surface area (Å²) in [6.07, 6.45) is 0. The number of rotatable bonds is 7. The highest BCUT2D eigenvalue weighted by Gasteiger charge is 2.42. The average molecular weight is 819 g/mol. The first-order chi connectivity index (χ1) is 31.5. The summed E-state index contributed by atoms with van der Waals surface area (Å²) in [5.74, 6) is -0.854. The number of carbonyl (C=O) groups excluding carboxylic acids is 2. The topological polar surface area (TPSA) is 70.5 Å². The summed E-state index contributed by atoms with van der Waals surface area (Å²) in [6.45, 7) is 7.93. The van der Waals surface area contributed by atoms with Gasteiger partial charge in [-0.1, -0.05) is 164 Å². The number of carbonyl (C=O) groups is 2. The molecule has 6 nitrogen and oxygen atoms in total. The molecule has 0 radical (unpaired) electrons. The Bertz CT molecular complexity index is 3440. The van der Waals surface area contributed by atoms with Crippen LogP contribution >= 0.6 is 0 Å². The van der Waals surface area contributed by atoms with Gasteiger partial charge in [-0.05, 0) is 87.0 Å². The van der Waals surface area contributed by atoms with Crippen LogP contribution in [0.2, 0.25) is 0 Å². The zero-order valence-electron chi connectivity index (χ0n) is 34.2. The molecule has 1 aromatic heterocycles. The van der Waals surface area contributed by atoms with Gasteiger partial charge in [0.05, 0.1) is 51.7 Å². The second kappa shape index (κ2) is 15.4. The molecule has 0 unspecified atom stereocenters. The predicted octanol–water partition coefficient (Wildman–Crippen LogP) is 14.3. The van der Waals surface area contributed by atoms with E-state index in [0.717, 1.165) is 77.4 Å². The van der Waals surface area contributed by atoms with Crippen molar-refractivity contribution in [2.24, 2.45) is 0 Å². The molecule has 0 atom stereocenters. The molecule has 1 aliphatic rings. The Kier molecular flexibility index (Phi) is 9.12. The van der Waals surface area contributed by atoms with Gasteiger partial charge in [0.1, 0.15) is 0 Å². The number of imide groups is 1. The summed E-state index contributed by atoms with van der Waals surface area (Å²) < 4.78 is 2.06. The maximum absolute atomic E-state index is 15.7. The highest BCUT2D eigenvalue weighted by molar-refractivity contribution is 6.37. The molecule has 6 heteroatoms. The molecule has 11 rings (SSSR count). The number of amides is 2. The van der Waals surface area contributed by atoms with Gasteiger partial charge >= 0.3 is 0 Å². The third-order valence-electron chi connectivity index (χ3n) is 12.2. The molecule has 10 aromatic rings. The van der Waals surface area contributed by atoms with Crippen LogP contribution in [0.15, 0.2) is 206 Å². The number of benzene rings is 9. The summed E-state index contributed by atoms with van der Waals surface area (Å²) >= 11 is 0.